The van der Waals surface area contributed by atoms with Gasteiger partial charge in [-0.05, 0) is 37.0 Å². The lowest BCUT2D eigenvalue weighted by molar-refractivity contribution is 0.402. The Hall–Kier alpha value is -1.55. The van der Waals surface area contributed by atoms with Gasteiger partial charge >= 0.3 is 0 Å². The van der Waals surface area contributed by atoms with E-state index in [-0.39, 0.29) is 11.4 Å². The first kappa shape index (κ1) is 14.9. The van der Waals surface area contributed by atoms with Crippen molar-refractivity contribution in [2.75, 3.05) is 20.2 Å². The molecule has 1 saturated carbocycles. The van der Waals surface area contributed by atoms with Gasteiger partial charge in [0.15, 0.2) is 0 Å². The first-order valence-electron chi connectivity index (χ1n) is 6.43. The summed E-state index contributed by atoms with van der Waals surface area (Å²) in [5.74, 6) is 6.31. The minimum atomic E-state index is -3.58. The zero-order valence-electron chi connectivity index (χ0n) is 11.3. The maximum absolute atomic E-state index is 12.3. The highest BCUT2D eigenvalue weighted by Gasteiger charge is 2.26. The number of nitrogens with one attached hydrogen (secondary N) is 1. The summed E-state index contributed by atoms with van der Waals surface area (Å²) in [7, 11) is -2.13. The Bertz CT molecular complexity index is 640. The van der Waals surface area contributed by atoms with Crippen LogP contribution in [0.2, 0.25) is 0 Å². The van der Waals surface area contributed by atoms with Gasteiger partial charge < -0.3 is 10.5 Å². The second kappa shape index (κ2) is 6.27. The average Bonchev–Trinajstić information content (AvgIpc) is 3.27. The van der Waals surface area contributed by atoms with Crippen LogP contribution in [0.15, 0.2) is 23.1 Å². The van der Waals surface area contributed by atoms with Crippen LogP contribution >= 0.6 is 0 Å². The number of rotatable bonds is 5. The van der Waals surface area contributed by atoms with Gasteiger partial charge in [-0.1, -0.05) is 11.8 Å². The SMILES string of the molecule is COc1ccc(C#CCN)cc1S(=O)(=O)NCC1CC1. The van der Waals surface area contributed by atoms with Crippen LogP contribution in [0.5, 0.6) is 5.75 Å². The van der Waals surface area contributed by atoms with Gasteiger partial charge in [-0.25, -0.2) is 13.1 Å². The Balaban J connectivity index is 2.30. The Morgan fingerprint density at radius 3 is 2.80 bits per heavy atom. The van der Waals surface area contributed by atoms with Crippen LogP contribution in [0.4, 0.5) is 0 Å². The van der Waals surface area contributed by atoms with E-state index in [0.717, 1.165) is 12.8 Å². The summed E-state index contributed by atoms with van der Waals surface area (Å²) in [4.78, 5) is 0.115. The molecule has 1 aliphatic carbocycles. The van der Waals surface area contributed by atoms with Crippen LogP contribution < -0.4 is 15.2 Å². The molecule has 1 aromatic carbocycles. The van der Waals surface area contributed by atoms with E-state index in [1.165, 1.54) is 13.2 Å². The predicted molar refractivity (Wildman–Crippen MR) is 76.8 cm³/mol. The fourth-order valence-electron chi connectivity index (χ4n) is 1.74. The van der Waals surface area contributed by atoms with Crippen LogP contribution in [-0.2, 0) is 10.0 Å². The lowest BCUT2D eigenvalue weighted by Crippen LogP contribution is -2.26. The van der Waals surface area contributed by atoms with Gasteiger partial charge in [0.25, 0.3) is 0 Å². The molecule has 0 radical (unpaired) electrons. The molecule has 108 valence electrons. The number of nitrogens with two attached hydrogens (primary N) is 1. The third kappa shape index (κ3) is 3.73. The largest absolute Gasteiger partial charge is 0.495 e. The van der Waals surface area contributed by atoms with E-state index in [1.54, 1.807) is 12.1 Å². The lowest BCUT2D eigenvalue weighted by Gasteiger charge is -2.11. The Morgan fingerprint density at radius 1 is 1.45 bits per heavy atom. The molecule has 0 saturated heterocycles. The topological polar surface area (TPSA) is 81.4 Å². The Morgan fingerprint density at radius 2 is 2.20 bits per heavy atom. The Labute approximate surface area is 119 Å². The molecule has 1 aliphatic rings. The quantitative estimate of drug-likeness (QED) is 0.783. The zero-order valence-corrected chi connectivity index (χ0v) is 12.2. The van der Waals surface area contributed by atoms with Crippen LogP contribution in [0.25, 0.3) is 0 Å². The van der Waals surface area contributed by atoms with Crippen molar-refractivity contribution in [2.45, 2.75) is 17.7 Å². The molecule has 0 heterocycles. The molecule has 3 N–H and O–H groups in total. The maximum atomic E-state index is 12.3. The van der Waals surface area contributed by atoms with E-state index in [4.69, 9.17) is 10.5 Å². The van der Waals surface area contributed by atoms with E-state index in [0.29, 0.717) is 23.8 Å². The summed E-state index contributed by atoms with van der Waals surface area (Å²) < 4.78 is 32.3. The molecule has 0 bridgehead atoms. The fourth-order valence-corrected chi connectivity index (χ4v) is 3.05. The van der Waals surface area contributed by atoms with Crippen molar-refractivity contribution in [3.63, 3.8) is 0 Å². The van der Waals surface area contributed by atoms with E-state index >= 15 is 0 Å². The number of ether oxygens (including phenoxy) is 1. The highest BCUT2D eigenvalue weighted by Crippen LogP contribution is 2.29. The van der Waals surface area contributed by atoms with Crippen molar-refractivity contribution in [1.29, 1.82) is 0 Å². The van der Waals surface area contributed by atoms with E-state index in [9.17, 15) is 8.42 Å². The second-order valence-corrected chi connectivity index (χ2v) is 6.40. The summed E-state index contributed by atoms with van der Waals surface area (Å²) in [5, 5.41) is 0. The summed E-state index contributed by atoms with van der Waals surface area (Å²) in [5.41, 5.74) is 5.92. The highest BCUT2D eigenvalue weighted by molar-refractivity contribution is 7.89. The molecule has 0 amide bonds. The summed E-state index contributed by atoms with van der Waals surface area (Å²) >= 11 is 0. The minimum absolute atomic E-state index is 0.115. The minimum Gasteiger partial charge on any atom is -0.495 e. The normalized spacial score (nSPS) is 14.5. The highest BCUT2D eigenvalue weighted by atomic mass is 32.2. The van der Waals surface area contributed by atoms with E-state index in [2.05, 4.69) is 16.6 Å². The lowest BCUT2D eigenvalue weighted by atomic mass is 10.2. The third-order valence-electron chi connectivity index (χ3n) is 3.05. The Kier molecular flexibility index (Phi) is 4.65. The van der Waals surface area contributed by atoms with Crippen molar-refractivity contribution in [3.8, 4) is 17.6 Å². The molecular formula is C14H18N2O3S. The summed E-state index contributed by atoms with van der Waals surface area (Å²) in [6, 6.07) is 4.82. The monoisotopic (exact) mass is 294 g/mol. The molecule has 1 aromatic rings. The maximum Gasteiger partial charge on any atom is 0.244 e. The second-order valence-electron chi connectivity index (χ2n) is 4.67. The zero-order chi connectivity index (χ0) is 14.6. The fraction of sp³-hybridized carbons (Fsp3) is 0.429. The number of hydrogen-bond acceptors (Lipinski definition) is 4. The number of sulfonamides is 1. The van der Waals surface area contributed by atoms with Gasteiger partial charge in [0.2, 0.25) is 10.0 Å². The molecule has 0 aliphatic heterocycles. The third-order valence-corrected chi connectivity index (χ3v) is 4.49. The van der Waals surface area contributed by atoms with Gasteiger partial charge in [0.05, 0.1) is 13.7 Å². The molecule has 0 atom stereocenters. The van der Waals surface area contributed by atoms with Crippen molar-refractivity contribution in [1.82, 2.24) is 4.72 Å². The molecule has 2 rings (SSSR count). The smallest absolute Gasteiger partial charge is 0.244 e. The predicted octanol–water partition coefficient (Wildman–Crippen LogP) is 0.694. The molecule has 5 nitrogen and oxygen atoms in total. The van der Waals surface area contributed by atoms with Crippen molar-refractivity contribution >= 4 is 10.0 Å². The van der Waals surface area contributed by atoms with E-state index < -0.39 is 10.0 Å². The van der Waals surface area contributed by atoms with Crippen molar-refractivity contribution in [3.05, 3.63) is 23.8 Å². The molecule has 20 heavy (non-hydrogen) atoms. The van der Waals surface area contributed by atoms with Crippen molar-refractivity contribution < 1.29 is 13.2 Å². The van der Waals surface area contributed by atoms with Crippen molar-refractivity contribution in [2.24, 2.45) is 11.7 Å². The molecule has 0 spiro atoms. The van der Waals surface area contributed by atoms with Crippen LogP contribution in [0.3, 0.4) is 0 Å². The molecule has 0 aromatic heterocycles. The van der Waals surface area contributed by atoms with Gasteiger partial charge in [-0.2, -0.15) is 0 Å². The first-order valence-corrected chi connectivity index (χ1v) is 7.92. The van der Waals surface area contributed by atoms with Gasteiger partial charge in [0.1, 0.15) is 10.6 Å². The standard InChI is InChI=1S/C14H18N2O3S/c1-19-13-7-6-11(3-2-8-15)9-14(13)20(17,18)16-10-12-4-5-12/h6-7,9,12,16H,4-5,8,10,15H2,1H3. The van der Waals surface area contributed by atoms with Crippen LogP contribution in [-0.4, -0.2) is 28.6 Å². The van der Waals surface area contributed by atoms with Crippen LogP contribution in [0.1, 0.15) is 18.4 Å². The van der Waals surface area contributed by atoms with Crippen LogP contribution in [0, 0.1) is 17.8 Å². The average molecular weight is 294 g/mol. The molecule has 1 fully saturated rings. The first-order chi connectivity index (χ1) is 9.56. The summed E-state index contributed by atoms with van der Waals surface area (Å²) in [6.45, 7) is 0.707. The molecule has 0 unspecified atom stereocenters. The van der Waals surface area contributed by atoms with Gasteiger partial charge in [-0.3, -0.25) is 0 Å². The number of benzene rings is 1. The number of hydrogen-bond donors (Lipinski definition) is 2. The van der Waals surface area contributed by atoms with Gasteiger partial charge in [0, 0.05) is 12.1 Å². The summed E-state index contributed by atoms with van der Waals surface area (Å²) in [6.07, 6.45) is 2.17. The molecule has 6 heteroatoms. The van der Waals surface area contributed by atoms with Gasteiger partial charge in [-0.15, -0.1) is 0 Å². The number of methoxy groups -OCH3 is 1. The van der Waals surface area contributed by atoms with E-state index in [1.807, 2.05) is 0 Å². The molecular weight excluding hydrogens is 276 g/mol.